The first-order chi connectivity index (χ1) is 10.2. The number of aryl methyl sites for hydroxylation is 1. The summed E-state index contributed by atoms with van der Waals surface area (Å²) in [6, 6.07) is 5.31. The number of hydrogen-bond acceptors (Lipinski definition) is 3. The van der Waals surface area contributed by atoms with Gasteiger partial charge in [-0.25, -0.2) is 4.98 Å². The van der Waals surface area contributed by atoms with Crippen molar-refractivity contribution in [1.82, 2.24) is 10.3 Å². The van der Waals surface area contributed by atoms with Crippen LogP contribution in [0.3, 0.4) is 0 Å². The van der Waals surface area contributed by atoms with Crippen LogP contribution in [0.15, 0.2) is 12.1 Å². The van der Waals surface area contributed by atoms with Crippen LogP contribution < -0.4 is 10.2 Å². The second kappa shape index (κ2) is 6.78. The third-order valence-electron chi connectivity index (χ3n) is 4.86. The number of aromatic nitrogens is 1. The summed E-state index contributed by atoms with van der Waals surface area (Å²) in [7, 11) is 2.21. The molecule has 0 spiro atoms. The lowest BCUT2D eigenvalue weighted by Gasteiger charge is -2.23. The molecule has 2 aliphatic rings. The first kappa shape index (κ1) is 14.8. The van der Waals surface area contributed by atoms with Gasteiger partial charge in [0, 0.05) is 31.9 Å². The lowest BCUT2D eigenvalue weighted by molar-refractivity contribution is 0.544. The molecule has 3 heteroatoms. The van der Waals surface area contributed by atoms with Crippen molar-refractivity contribution in [3.05, 3.63) is 23.4 Å². The Balaban J connectivity index is 1.67. The SMILES string of the molecule is CCc1cc(CNC2CC2)cc(N(C)CC2CCCC2)n1. The molecule has 3 rings (SSSR count). The number of pyridine rings is 1. The standard InChI is InChI=1S/C18H29N3/c1-3-16-10-15(12-19-17-8-9-17)11-18(20-16)21(2)13-14-6-4-5-7-14/h10-11,14,17,19H,3-9,12-13H2,1-2H3. The molecule has 0 aromatic carbocycles. The highest BCUT2D eigenvalue weighted by Crippen LogP contribution is 2.27. The smallest absolute Gasteiger partial charge is 0.128 e. The molecule has 0 saturated heterocycles. The average Bonchev–Trinajstić information content (AvgIpc) is 3.20. The second-order valence-electron chi connectivity index (χ2n) is 6.86. The van der Waals surface area contributed by atoms with Gasteiger partial charge in [-0.3, -0.25) is 0 Å². The van der Waals surface area contributed by atoms with Crippen molar-refractivity contribution < 1.29 is 0 Å². The van der Waals surface area contributed by atoms with Crippen LogP contribution >= 0.6 is 0 Å². The van der Waals surface area contributed by atoms with Crippen molar-refractivity contribution in [2.45, 2.75) is 64.5 Å². The zero-order chi connectivity index (χ0) is 14.7. The third-order valence-corrected chi connectivity index (χ3v) is 4.86. The molecule has 21 heavy (non-hydrogen) atoms. The van der Waals surface area contributed by atoms with Crippen LogP contribution in [0, 0.1) is 5.92 Å². The minimum atomic E-state index is 0.767. The summed E-state index contributed by atoms with van der Waals surface area (Å²) in [6.07, 6.45) is 9.33. The van der Waals surface area contributed by atoms with Gasteiger partial charge in [0.2, 0.25) is 0 Å². The van der Waals surface area contributed by atoms with Crippen LogP contribution in [0.25, 0.3) is 0 Å². The maximum Gasteiger partial charge on any atom is 0.128 e. The first-order valence-corrected chi connectivity index (χ1v) is 8.69. The Morgan fingerprint density at radius 2 is 1.95 bits per heavy atom. The lowest BCUT2D eigenvalue weighted by atomic mass is 10.1. The average molecular weight is 287 g/mol. The van der Waals surface area contributed by atoms with E-state index in [0.717, 1.165) is 37.3 Å². The van der Waals surface area contributed by atoms with E-state index in [2.05, 4.69) is 36.3 Å². The highest BCUT2D eigenvalue weighted by Gasteiger charge is 2.21. The highest BCUT2D eigenvalue weighted by molar-refractivity contribution is 5.42. The Hall–Kier alpha value is -1.09. The van der Waals surface area contributed by atoms with Gasteiger partial charge in [0.25, 0.3) is 0 Å². The zero-order valence-corrected chi connectivity index (χ0v) is 13.6. The quantitative estimate of drug-likeness (QED) is 0.831. The molecule has 0 bridgehead atoms. The van der Waals surface area contributed by atoms with Gasteiger partial charge in [-0.15, -0.1) is 0 Å². The van der Waals surface area contributed by atoms with E-state index >= 15 is 0 Å². The molecule has 2 saturated carbocycles. The predicted octanol–water partition coefficient (Wildman–Crippen LogP) is 3.52. The molecule has 1 aromatic heterocycles. The molecular formula is C18H29N3. The minimum absolute atomic E-state index is 0.767. The third kappa shape index (κ3) is 4.19. The summed E-state index contributed by atoms with van der Waals surface area (Å²) in [6.45, 7) is 4.35. The Bertz CT molecular complexity index is 462. The van der Waals surface area contributed by atoms with Crippen molar-refractivity contribution in [3.63, 3.8) is 0 Å². The molecule has 1 N–H and O–H groups in total. The van der Waals surface area contributed by atoms with Crippen LogP contribution in [0.4, 0.5) is 5.82 Å². The normalized spacial score (nSPS) is 19.1. The van der Waals surface area contributed by atoms with Gasteiger partial charge >= 0.3 is 0 Å². The Kier molecular flexibility index (Phi) is 4.79. The maximum absolute atomic E-state index is 4.83. The Labute approximate surface area is 129 Å². The molecule has 1 aromatic rings. The summed E-state index contributed by atoms with van der Waals surface area (Å²) < 4.78 is 0. The molecule has 2 aliphatic carbocycles. The summed E-state index contributed by atoms with van der Waals surface area (Å²) in [5, 5.41) is 3.62. The first-order valence-electron chi connectivity index (χ1n) is 8.69. The van der Waals surface area contributed by atoms with Crippen LogP contribution in [0.1, 0.15) is 56.7 Å². The van der Waals surface area contributed by atoms with E-state index < -0.39 is 0 Å². The van der Waals surface area contributed by atoms with E-state index in [4.69, 9.17) is 4.98 Å². The number of anilines is 1. The van der Waals surface area contributed by atoms with Crippen molar-refractivity contribution >= 4 is 5.82 Å². The fourth-order valence-corrected chi connectivity index (χ4v) is 3.34. The predicted molar refractivity (Wildman–Crippen MR) is 88.7 cm³/mol. The van der Waals surface area contributed by atoms with Gasteiger partial charge in [0.05, 0.1) is 0 Å². The van der Waals surface area contributed by atoms with E-state index in [0.29, 0.717) is 0 Å². The van der Waals surface area contributed by atoms with Gasteiger partial charge < -0.3 is 10.2 Å². The molecule has 0 aliphatic heterocycles. The topological polar surface area (TPSA) is 28.2 Å². The van der Waals surface area contributed by atoms with Crippen LogP contribution in [0.2, 0.25) is 0 Å². The molecule has 1 heterocycles. The van der Waals surface area contributed by atoms with Gasteiger partial charge in [-0.05, 0) is 55.7 Å². The number of rotatable bonds is 7. The van der Waals surface area contributed by atoms with Crippen LogP contribution in [-0.2, 0) is 13.0 Å². The molecule has 2 fully saturated rings. The molecule has 116 valence electrons. The second-order valence-corrected chi connectivity index (χ2v) is 6.86. The van der Waals surface area contributed by atoms with Gasteiger partial charge in [0.1, 0.15) is 5.82 Å². The van der Waals surface area contributed by atoms with Crippen molar-refractivity contribution in [1.29, 1.82) is 0 Å². The fourth-order valence-electron chi connectivity index (χ4n) is 3.34. The summed E-state index contributed by atoms with van der Waals surface area (Å²) in [5.41, 5.74) is 2.61. The van der Waals surface area contributed by atoms with E-state index in [1.807, 2.05) is 0 Å². The van der Waals surface area contributed by atoms with Gasteiger partial charge in [0.15, 0.2) is 0 Å². The van der Waals surface area contributed by atoms with E-state index in [9.17, 15) is 0 Å². The fraction of sp³-hybridized carbons (Fsp3) is 0.722. The van der Waals surface area contributed by atoms with E-state index in [-0.39, 0.29) is 0 Å². The highest BCUT2D eigenvalue weighted by atomic mass is 15.2. The van der Waals surface area contributed by atoms with Crippen molar-refractivity contribution in [2.75, 3.05) is 18.5 Å². The summed E-state index contributed by atoms with van der Waals surface area (Å²) in [5.74, 6) is 2.03. The van der Waals surface area contributed by atoms with E-state index in [1.165, 1.54) is 49.8 Å². The molecule has 0 amide bonds. The maximum atomic E-state index is 4.83. The largest absolute Gasteiger partial charge is 0.359 e. The molecular weight excluding hydrogens is 258 g/mol. The number of hydrogen-bond donors (Lipinski definition) is 1. The summed E-state index contributed by atoms with van der Waals surface area (Å²) in [4.78, 5) is 7.21. The molecule has 3 nitrogen and oxygen atoms in total. The zero-order valence-electron chi connectivity index (χ0n) is 13.6. The molecule has 0 atom stereocenters. The van der Waals surface area contributed by atoms with Crippen LogP contribution in [-0.4, -0.2) is 24.6 Å². The van der Waals surface area contributed by atoms with Gasteiger partial charge in [-0.1, -0.05) is 19.8 Å². The van der Waals surface area contributed by atoms with Gasteiger partial charge in [-0.2, -0.15) is 0 Å². The van der Waals surface area contributed by atoms with Crippen molar-refractivity contribution in [2.24, 2.45) is 5.92 Å². The van der Waals surface area contributed by atoms with Crippen molar-refractivity contribution in [3.8, 4) is 0 Å². The Morgan fingerprint density at radius 1 is 1.19 bits per heavy atom. The molecule has 0 unspecified atom stereocenters. The number of nitrogens with zero attached hydrogens (tertiary/aromatic N) is 2. The lowest BCUT2D eigenvalue weighted by Crippen LogP contribution is -2.25. The Morgan fingerprint density at radius 3 is 2.62 bits per heavy atom. The minimum Gasteiger partial charge on any atom is -0.359 e. The molecule has 0 radical (unpaired) electrons. The number of nitrogens with one attached hydrogen (secondary N) is 1. The summed E-state index contributed by atoms with van der Waals surface area (Å²) >= 11 is 0. The monoisotopic (exact) mass is 287 g/mol. The van der Waals surface area contributed by atoms with Crippen LogP contribution in [0.5, 0.6) is 0 Å². The van der Waals surface area contributed by atoms with E-state index in [1.54, 1.807) is 0 Å².